The van der Waals surface area contributed by atoms with Crippen molar-refractivity contribution in [2.45, 2.75) is 78.7 Å². The number of nitrogens with one attached hydrogen (secondary N) is 3. The molecule has 8 heteroatoms. The Kier molecular flexibility index (Phi) is 10.5. The minimum absolute atomic E-state index is 0.00910. The number of aldehydes is 1. The largest absolute Gasteiger partial charge is 0.507 e. The normalized spacial score (nSPS) is 21.2. The number of phenols is 2. The van der Waals surface area contributed by atoms with Gasteiger partial charge in [0.05, 0.1) is 5.56 Å². The number of rotatable bonds is 10. The summed E-state index contributed by atoms with van der Waals surface area (Å²) in [5, 5.41) is 28.6. The predicted molar refractivity (Wildman–Crippen MR) is 205 cm³/mol. The first-order chi connectivity index (χ1) is 24.1. The minimum atomic E-state index is -1.23. The highest BCUT2D eigenvalue weighted by Gasteiger charge is 2.50. The smallest absolute Gasteiger partial charge is 0.268 e. The molecule has 266 valence electrons. The molecule has 2 amide bonds. The summed E-state index contributed by atoms with van der Waals surface area (Å²) >= 11 is 0. The molecule has 51 heavy (non-hydrogen) atoms. The Hall–Kier alpha value is -5.37. The highest BCUT2D eigenvalue weighted by Crippen LogP contribution is 2.39. The molecule has 3 atom stereocenters. The highest BCUT2D eigenvalue weighted by atomic mass is 16.3. The molecule has 8 nitrogen and oxygen atoms in total. The van der Waals surface area contributed by atoms with E-state index < -0.39 is 16.9 Å². The van der Waals surface area contributed by atoms with Gasteiger partial charge in [-0.15, -0.1) is 6.58 Å². The summed E-state index contributed by atoms with van der Waals surface area (Å²) in [6.45, 7) is 18.0. The third-order valence-electron chi connectivity index (χ3n) is 10.1. The van der Waals surface area contributed by atoms with Crippen molar-refractivity contribution in [2.75, 3.05) is 0 Å². The van der Waals surface area contributed by atoms with E-state index in [0.29, 0.717) is 18.3 Å². The summed E-state index contributed by atoms with van der Waals surface area (Å²) < 4.78 is 0. The second kappa shape index (κ2) is 14.5. The topological polar surface area (TPSA) is 132 Å². The Bertz CT molecular complexity index is 2060. The van der Waals surface area contributed by atoms with Crippen molar-refractivity contribution < 1.29 is 24.6 Å². The number of hydrogen-bond acceptors (Lipinski definition) is 5. The zero-order valence-corrected chi connectivity index (χ0v) is 30.6. The quantitative estimate of drug-likeness (QED) is 0.0636. The number of carbonyl (C=O) groups is 3. The number of aromatic nitrogens is 1. The lowest BCUT2D eigenvalue weighted by atomic mass is 9.71. The van der Waals surface area contributed by atoms with E-state index in [2.05, 4.69) is 54.3 Å². The Morgan fingerprint density at radius 1 is 1.00 bits per heavy atom. The number of aromatic amines is 1. The van der Waals surface area contributed by atoms with Crippen molar-refractivity contribution in [3.8, 4) is 11.5 Å². The lowest BCUT2D eigenvalue weighted by molar-refractivity contribution is -0.138. The number of H-pyrrole nitrogens is 1. The summed E-state index contributed by atoms with van der Waals surface area (Å²) in [6, 6.07) is 7.71. The van der Waals surface area contributed by atoms with Crippen LogP contribution in [0.2, 0.25) is 0 Å². The summed E-state index contributed by atoms with van der Waals surface area (Å²) in [5.41, 5.74) is 5.17. The molecule has 1 aliphatic heterocycles. The third-order valence-corrected chi connectivity index (χ3v) is 10.1. The zero-order valence-electron chi connectivity index (χ0n) is 30.6. The van der Waals surface area contributed by atoms with Crippen LogP contribution in [-0.2, 0) is 27.8 Å². The lowest BCUT2D eigenvalue weighted by Crippen LogP contribution is -2.68. The molecule has 1 fully saturated rings. The Labute approximate surface area is 300 Å². The van der Waals surface area contributed by atoms with Gasteiger partial charge in [-0.05, 0) is 76.6 Å². The van der Waals surface area contributed by atoms with E-state index in [1.807, 2.05) is 65.0 Å². The highest BCUT2D eigenvalue weighted by molar-refractivity contribution is 6.10. The number of aromatic hydroxyl groups is 2. The molecule has 0 radical (unpaired) electrons. The molecule has 5 N–H and O–H groups in total. The maximum Gasteiger partial charge on any atom is 0.268 e. The van der Waals surface area contributed by atoms with Crippen LogP contribution in [0.1, 0.15) is 93.2 Å². The van der Waals surface area contributed by atoms with Crippen molar-refractivity contribution in [3.63, 3.8) is 0 Å². The van der Waals surface area contributed by atoms with E-state index in [1.54, 1.807) is 18.2 Å². The van der Waals surface area contributed by atoms with Gasteiger partial charge in [-0.2, -0.15) is 0 Å². The Morgan fingerprint density at radius 3 is 2.37 bits per heavy atom. The van der Waals surface area contributed by atoms with Crippen LogP contribution in [0.25, 0.3) is 23.1 Å². The zero-order chi connectivity index (χ0) is 37.2. The van der Waals surface area contributed by atoms with Crippen LogP contribution in [0, 0.1) is 11.8 Å². The van der Waals surface area contributed by atoms with Crippen LogP contribution in [-0.4, -0.2) is 38.8 Å². The predicted octanol–water partition coefficient (Wildman–Crippen LogP) is 8.12. The van der Waals surface area contributed by atoms with E-state index in [9.17, 15) is 24.6 Å². The van der Waals surface area contributed by atoms with Gasteiger partial charge in [-0.3, -0.25) is 14.4 Å². The molecule has 3 unspecified atom stereocenters. The van der Waals surface area contributed by atoms with Gasteiger partial charge in [0.1, 0.15) is 22.7 Å². The van der Waals surface area contributed by atoms with Crippen LogP contribution in [0.4, 0.5) is 0 Å². The van der Waals surface area contributed by atoms with E-state index in [0.717, 1.165) is 39.7 Å². The average Bonchev–Trinajstić information content (AvgIpc) is 3.45. The molecule has 1 spiro atoms. The third kappa shape index (κ3) is 7.41. The molecular formula is C43H49N3O5. The van der Waals surface area contributed by atoms with Gasteiger partial charge in [0, 0.05) is 44.6 Å². The molecule has 2 heterocycles. The van der Waals surface area contributed by atoms with E-state index in [4.69, 9.17) is 0 Å². The number of piperazine rings is 1. The van der Waals surface area contributed by atoms with E-state index in [1.165, 1.54) is 11.6 Å². The van der Waals surface area contributed by atoms with Crippen molar-refractivity contribution in [3.05, 3.63) is 118 Å². The number of allylic oxidation sites excluding steroid dienone is 7. The average molecular weight is 688 g/mol. The number of amides is 2. The van der Waals surface area contributed by atoms with Crippen LogP contribution in [0.5, 0.6) is 11.5 Å². The molecular weight excluding hydrogens is 638 g/mol. The molecule has 0 bridgehead atoms. The van der Waals surface area contributed by atoms with Gasteiger partial charge in [0.25, 0.3) is 11.8 Å². The summed E-state index contributed by atoms with van der Waals surface area (Å²) in [6.07, 6.45) is 16.8. The number of benzene rings is 2. The summed E-state index contributed by atoms with van der Waals surface area (Å²) in [5.74, 6) is -1.67. The van der Waals surface area contributed by atoms with Crippen molar-refractivity contribution in [2.24, 2.45) is 11.8 Å². The van der Waals surface area contributed by atoms with Gasteiger partial charge in [-0.25, -0.2) is 0 Å². The van der Waals surface area contributed by atoms with Crippen molar-refractivity contribution in [1.82, 2.24) is 15.6 Å². The fourth-order valence-electron chi connectivity index (χ4n) is 6.77. The van der Waals surface area contributed by atoms with Crippen molar-refractivity contribution in [1.29, 1.82) is 0 Å². The Morgan fingerprint density at radius 2 is 1.71 bits per heavy atom. The second-order valence-corrected chi connectivity index (χ2v) is 14.9. The molecule has 1 saturated heterocycles. The number of fused-ring (bicyclic) bond motifs is 1. The molecule has 3 aromatic rings. The Balaban J connectivity index is 1.44. The number of carbonyl (C=O) groups excluding carboxylic acids is 3. The summed E-state index contributed by atoms with van der Waals surface area (Å²) in [7, 11) is 0. The fourth-order valence-corrected chi connectivity index (χ4v) is 6.77. The molecule has 2 aliphatic rings. The van der Waals surface area contributed by atoms with Gasteiger partial charge in [0.15, 0.2) is 6.29 Å². The lowest BCUT2D eigenvalue weighted by Gasteiger charge is -2.44. The van der Waals surface area contributed by atoms with E-state index in [-0.39, 0.29) is 52.5 Å². The van der Waals surface area contributed by atoms with Crippen LogP contribution >= 0.6 is 0 Å². The molecule has 2 aromatic carbocycles. The molecule has 0 saturated carbocycles. The van der Waals surface area contributed by atoms with Crippen LogP contribution in [0.15, 0.2) is 84.1 Å². The van der Waals surface area contributed by atoms with Gasteiger partial charge >= 0.3 is 0 Å². The standard InChI is InChI=1S/C43H49N3O5/c1-9-42(7,8)39-33(31-18-15-28(13-10-25(2)3)20-35(31)44-39)22-36-40(50)46-43(41(51)45-36)23-29(14-12-27(43)6)16-19-32-34(24-47)38(49)30(21-37(32)48)17-11-26(4)5/h9-12,14-16,18-22,24,27,29,44,48-49H,1,13,17,23H2,2-8H3,(H,45,51)(H,46,50). The SMILES string of the molecule is C=CC(C)(C)c1[nH]c2cc(CC=C(C)C)ccc2c1C=C1NC(=O)C2(CC(C=Cc3c(O)cc(CC=C(C)C)c(O)c3C=O)C=CC2C)NC1=O. The second-order valence-electron chi connectivity index (χ2n) is 14.9. The minimum Gasteiger partial charge on any atom is -0.507 e. The van der Waals surface area contributed by atoms with Gasteiger partial charge in [0.2, 0.25) is 0 Å². The summed E-state index contributed by atoms with van der Waals surface area (Å²) in [4.78, 5) is 43.5. The van der Waals surface area contributed by atoms with Crippen molar-refractivity contribution >= 4 is 41.2 Å². The fraction of sp³-hybridized carbons (Fsp3) is 0.326. The first-order valence-corrected chi connectivity index (χ1v) is 17.4. The maximum absolute atomic E-state index is 14.0. The maximum atomic E-state index is 14.0. The number of phenolic OH excluding ortho intramolecular Hbond substituents is 2. The molecule has 1 aliphatic carbocycles. The van der Waals surface area contributed by atoms with E-state index >= 15 is 0 Å². The first kappa shape index (κ1) is 36.9. The van der Waals surface area contributed by atoms with Crippen LogP contribution in [0.3, 0.4) is 0 Å². The monoisotopic (exact) mass is 687 g/mol. The van der Waals surface area contributed by atoms with Crippen LogP contribution < -0.4 is 10.6 Å². The molecule has 5 rings (SSSR count). The first-order valence-electron chi connectivity index (χ1n) is 17.4. The van der Waals surface area contributed by atoms with Gasteiger partial charge in [-0.1, -0.05) is 86.6 Å². The van der Waals surface area contributed by atoms with Gasteiger partial charge < -0.3 is 25.8 Å². The number of hydrogen-bond donors (Lipinski definition) is 5. The molecule has 1 aromatic heterocycles.